The van der Waals surface area contributed by atoms with Gasteiger partial charge in [-0.2, -0.15) is 0 Å². The SMILES string of the molecule is [O-][N+]([Al])=NO. The van der Waals surface area contributed by atoms with Crippen LogP contribution in [-0.4, -0.2) is 25.6 Å². The first-order valence-electron chi connectivity index (χ1n) is 0.841. The Hall–Kier alpha value is -0.268. The van der Waals surface area contributed by atoms with Crippen LogP contribution in [0.2, 0.25) is 0 Å². The third kappa shape index (κ3) is 3.73. The standard InChI is InChI=1S/Al.HN2O2/c;3-1-2-4/h;3H. The van der Waals surface area contributed by atoms with Gasteiger partial charge >= 0.3 is 16.5 Å². The summed E-state index contributed by atoms with van der Waals surface area (Å²) in [5.74, 6) is 0. The highest BCUT2D eigenvalue weighted by molar-refractivity contribution is 5.95. The molecular weight excluding hydrogens is 87.0 g/mol. The Balaban J connectivity index is 3.14. The quantitative estimate of drug-likeness (QED) is 0.244. The van der Waals surface area contributed by atoms with E-state index in [0.29, 0.717) is 0 Å². The van der Waals surface area contributed by atoms with Crippen molar-refractivity contribution in [2.45, 2.75) is 0 Å². The predicted molar refractivity (Wildman–Crippen MR) is 13.6 cm³/mol. The number of nitrogens with zero attached hydrogens (tertiary/aromatic N) is 2. The lowest BCUT2D eigenvalue weighted by Gasteiger charge is -1.85. The Morgan fingerprint density at radius 3 is 2.20 bits per heavy atom. The molecule has 0 bridgehead atoms. The van der Waals surface area contributed by atoms with Gasteiger partial charge in [0.1, 0.15) is 5.28 Å². The Kier molecular flexibility index (Phi) is 1.89. The molecule has 0 aromatic rings. The second-order valence-electron chi connectivity index (χ2n) is 0.392. The Labute approximate surface area is 36.9 Å². The highest BCUT2D eigenvalue weighted by atomic mass is 27.1. The van der Waals surface area contributed by atoms with Crippen molar-refractivity contribution < 1.29 is 9.05 Å². The van der Waals surface area contributed by atoms with Crippen LogP contribution < -0.4 is 0 Å². The minimum atomic E-state index is -0.0278. The summed E-state index contributed by atoms with van der Waals surface area (Å²) < 4.78 is -0.0278. The Morgan fingerprint density at radius 1 is 2.00 bits per heavy atom. The topological polar surface area (TPSA) is 58.7 Å². The van der Waals surface area contributed by atoms with Gasteiger partial charge < -0.3 is 10.4 Å². The largest absolute Gasteiger partial charge is 0.803 e. The van der Waals surface area contributed by atoms with Gasteiger partial charge in [-0.05, 0) is 0 Å². The van der Waals surface area contributed by atoms with E-state index in [1.54, 1.807) is 16.5 Å². The molecule has 0 fully saturated rings. The van der Waals surface area contributed by atoms with E-state index in [2.05, 4.69) is 5.28 Å². The van der Waals surface area contributed by atoms with Crippen molar-refractivity contribution in [3.05, 3.63) is 5.21 Å². The van der Waals surface area contributed by atoms with Gasteiger partial charge in [0.25, 0.3) is 0 Å². The van der Waals surface area contributed by atoms with E-state index in [-0.39, 0.29) is 3.84 Å². The molecule has 26 valence electrons. The van der Waals surface area contributed by atoms with Gasteiger partial charge in [0.15, 0.2) is 0 Å². The summed E-state index contributed by atoms with van der Waals surface area (Å²) in [6.45, 7) is 0. The third-order valence-electron chi connectivity index (χ3n) is 0.0882. The molecule has 0 aliphatic rings. The molecule has 5 heteroatoms. The molecule has 0 amide bonds. The average molecular weight is 88.0 g/mol. The highest BCUT2D eigenvalue weighted by Crippen LogP contribution is 1.51. The lowest BCUT2D eigenvalue weighted by atomic mass is 12.9. The molecule has 0 aliphatic carbocycles. The number of hydrogen-bond acceptors (Lipinski definition) is 2. The highest BCUT2D eigenvalue weighted by Gasteiger charge is 1.72. The summed E-state index contributed by atoms with van der Waals surface area (Å²) in [7, 11) is 0. The molecule has 2 radical (unpaired) electrons. The van der Waals surface area contributed by atoms with Gasteiger partial charge in [0.2, 0.25) is 0 Å². The van der Waals surface area contributed by atoms with Crippen LogP contribution in [0.4, 0.5) is 0 Å². The summed E-state index contributed by atoms with van der Waals surface area (Å²) in [6, 6.07) is 0. The number of hydrogen-bond donors (Lipinski definition) is 1. The number of rotatable bonds is 0. The van der Waals surface area contributed by atoms with Crippen LogP contribution in [-0.2, 0) is 0 Å². The second kappa shape index (κ2) is 2.00. The molecule has 0 unspecified atom stereocenters. The maximum Gasteiger partial charge on any atom is 0.803 e. The summed E-state index contributed by atoms with van der Waals surface area (Å²) in [6.07, 6.45) is 0. The first-order chi connectivity index (χ1) is 2.27. The van der Waals surface area contributed by atoms with Crippen molar-refractivity contribution >= 4 is 16.5 Å². The molecule has 0 saturated carbocycles. The monoisotopic (exact) mass is 88.0 g/mol. The molecule has 5 heavy (non-hydrogen) atoms. The molecule has 0 aliphatic heterocycles. The first kappa shape index (κ1) is 4.73. The van der Waals surface area contributed by atoms with Crippen molar-refractivity contribution in [3.63, 3.8) is 0 Å². The van der Waals surface area contributed by atoms with E-state index < -0.39 is 0 Å². The van der Waals surface area contributed by atoms with Gasteiger partial charge in [0.05, 0.1) is 0 Å². The molecule has 0 atom stereocenters. The van der Waals surface area contributed by atoms with Crippen molar-refractivity contribution in [3.8, 4) is 0 Å². The predicted octanol–water partition coefficient (Wildman–Crippen LogP) is -0.578. The van der Waals surface area contributed by atoms with Crippen LogP contribution in [0, 0.1) is 5.21 Å². The van der Waals surface area contributed by atoms with Gasteiger partial charge in [-0.3, -0.25) is 3.84 Å². The molecule has 0 saturated heterocycles. The lowest BCUT2D eigenvalue weighted by Crippen LogP contribution is -1.88. The fourth-order valence-electron chi connectivity index (χ4n) is 0. The van der Waals surface area contributed by atoms with Crippen LogP contribution in [0.3, 0.4) is 0 Å². The van der Waals surface area contributed by atoms with E-state index in [1.807, 2.05) is 0 Å². The Morgan fingerprint density at radius 2 is 2.20 bits per heavy atom. The second-order valence-corrected chi connectivity index (χ2v) is 0.834. The average Bonchev–Trinajstić information content (AvgIpc) is 1.38. The van der Waals surface area contributed by atoms with E-state index >= 15 is 0 Å². The molecular formula is HAlN2O2. The minimum Gasteiger partial charge on any atom is -0.648 e. The summed E-state index contributed by atoms with van der Waals surface area (Å²) in [5, 5.41) is 18.8. The maximum absolute atomic E-state index is 9.28. The molecule has 0 spiro atoms. The van der Waals surface area contributed by atoms with Crippen molar-refractivity contribution in [2.24, 2.45) is 5.28 Å². The van der Waals surface area contributed by atoms with Gasteiger partial charge in [-0.1, -0.05) is 0 Å². The summed E-state index contributed by atoms with van der Waals surface area (Å²) >= 11 is 1.59. The zero-order valence-electron chi connectivity index (χ0n) is 2.33. The van der Waals surface area contributed by atoms with Crippen molar-refractivity contribution in [1.82, 2.24) is 0 Å². The van der Waals surface area contributed by atoms with Crippen LogP contribution in [0.25, 0.3) is 0 Å². The van der Waals surface area contributed by atoms with Crippen LogP contribution in [0.5, 0.6) is 0 Å². The van der Waals surface area contributed by atoms with E-state index in [1.165, 1.54) is 0 Å². The van der Waals surface area contributed by atoms with Crippen LogP contribution in [0.1, 0.15) is 0 Å². The van der Waals surface area contributed by atoms with Gasteiger partial charge in [-0.15, -0.1) is 0 Å². The van der Waals surface area contributed by atoms with Gasteiger partial charge in [-0.25, -0.2) is 0 Å². The van der Waals surface area contributed by atoms with Crippen LogP contribution >= 0.6 is 0 Å². The van der Waals surface area contributed by atoms with Crippen molar-refractivity contribution in [1.29, 1.82) is 0 Å². The molecule has 0 aromatic carbocycles. The lowest BCUT2D eigenvalue weighted by molar-refractivity contribution is -0.412. The van der Waals surface area contributed by atoms with Crippen LogP contribution in [0.15, 0.2) is 5.28 Å². The molecule has 1 N–H and O–H groups in total. The Bertz CT molecular complexity index is 45.6. The smallest absolute Gasteiger partial charge is 0.648 e. The summed E-state index contributed by atoms with van der Waals surface area (Å²) in [5.41, 5.74) is 0. The molecule has 0 heterocycles. The first-order valence-corrected chi connectivity index (χ1v) is 1.36. The fourth-order valence-corrected chi connectivity index (χ4v) is 0. The normalized spacial score (nSPS) is 11.6. The van der Waals surface area contributed by atoms with E-state index in [0.717, 1.165) is 0 Å². The molecule has 0 aromatic heterocycles. The summed E-state index contributed by atoms with van der Waals surface area (Å²) in [4.78, 5) is 0. The zero-order chi connectivity index (χ0) is 4.28. The van der Waals surface area contributed by atoms with E-state index in [9.17, 15) is 5.21 Å². The molecule has 4 nitrogen and oxygen atoms in total. The van der Waals surface area contributed by atoms with Crippen molar-refractivity contribution in [2.75, 3.05) is 0 Å². The molecule has 0 rings (SSSR count). The van der Waals surface area contributed by atoms with E-state index in [4.69, 9.17) is 5.21 Å². The minimum absolute atomic E-state index is 0.0278. The fraction of sp³-hybridized carbons (Fsp3) is 0. The zero-order valence-corrected chi connectivity index (χ0v) is 3.48. The maximum atomic E-state index is 9.28. The third-order valence-corrected chi connectivity index (χ3v) is 0.191. The van der Waals surface area contributed by atoms with Gasteiger partial charge in [0, 0.05) is 0 Å².